The number of nitrogens with one attached hydrogen (secondary N) is 3. The summed E-state index contributed by atoms with van der Waals surface area (Å²) in [7, 11) is -0.936. The fourth-order valence-electron chi connectivity index (χ4n) is 3.26. The second kappa shape index (κ2) is 11.3. The van der Waals surface area contributed by atoms with Gasteiger partial charge in [0, 0.05) is 33.8 Å². The molecule has 2 aromatic rings. The average Bonchev–Trinajstić information content (AvgIpc) is 2.74. The fraction of sp³-hybridized carbons (Fsp3) is 0.609. The molecule has 0 aliphatic heterocycles. The zero-order valence-electron chi connectivity index (χ0n) is 22.2. The molecule has 0 unspecified atom stereocenters. The van der Waals surface area contributed by atoms with Crippen LogP contribution in [0.5, 0.6) is 0 Å². The van der Waals surface area contributed by atoms with Crippen LogP contribution in [0.15, 0.2) is 17.2 Å². The van der Waals surface area contributed by atoms with Gasteiger partial charge in [0.15, 0.2) is 5.82 Å². The first-order valence-electron chi connectivity index (χ1n) is 11.7. The number of anilines is 2. The van der Waals surface area contributed by atoms with Crippen LogP contribution >= 0.6 is 0 Å². The molecule has 200 valence electrons. The van der Waals surface area contributed by atoms with Gasteiger partial charge < -0.3 is 15.4 Å². The van der Waals surface area contributed by atoms with Crippen LogP contribution in [0.2, 0.25) is 0 Å². The molecule has 1 atom stereocenters. The number of unbranched alkanes of at least 4 members (excludes halogenated alkanes) is 1. The summed E-state index contributed by atoms with van der Waals surface area (Å²) >= 11 is 0. The van der Waals surface area contributed by atoms with E-state index in [-0.39, 0.29) is 28.1 Å². The monoisotopic (exact) mass is 523 g/mol. The van der Waals surface area contributed by atoms with Gasteiger partial charge in [-0.2, -0.15) is 4.98 Å². The second-order valence-electron chi connectivity index (χ2n) is 10.0. The number of ether oxygens (including phenoxy) is 1. The normalized spacial score (nSPS) is 13.8. The van der Waals surface area contributed by atoms with Crippen molar-refractivity contribution in [3.05, 3.63) is 12.3 Å². The number of sulfonamides is 1. The van der Waals surface area contributed by atoms with Crippen molar-refractivity contribution in [3.63, 3.8) is 0 Å². The molecule has 0 aromatic carbocycles. The summed E-state index contributed by atoms with van der Waals surface area (Å²) < 4.78 is 31.7. The highest BCUT2D eigenvalue weighted by Crippen LogP contribution is 2.28. The maximum absolute atomic E-state index is 12.7. The van der Waals surface area contributed by atoms with Crippen molar-refractivity contribution >= 4 is 44.8 Å². The standard InChI is InChI=1S/C23H37N7O5S/c1-9-10-11-23(6,14-25-15(2)31)29-19-18-17(12-16(13-24-18)36(33,34)30(7)8)26-20(27-19)28-21(32)35-22(3,4)5/h12-13H,9-11,14H2,1-8H3,(H,25,31)(H2,26,27,28,29,32)/t23-/m1/s1. The third-order valence-corrected chi connectivity index (χ3v) is 6.91. The van der Waals surface area contributed by atoms with E-state index in [9.17, 15) is 18.0 Å². The van der Waals surface area contributed by atoms with Crippen molar-refractivity contribution in [1.29, 1.82) is 0 Å². The number of rotatable bonds is 10. The molecule has 0 saturated heterocycles. The molecule has 0 bridgehead atoms. The summed E-state index contributed by atoms with van der Waals surface area (Å²) in [6, 6.07) is 1.38. The predicted molar refractivity (Wildman–Crippen MR) is 138 cm³/mol. The zero-order valence-corrected chi connectivity index (χ0v) is 23.0. The van der Waals surface area contributed by atoms with Crippen LogP contribution in [-0.2, 0) is 19.6 Å². The number of hydrogen-bond acceptors (Lipinski definition) is 9. The molecule has 0 radical (unpaired) electrons. The highest BCUT2D eigenvalue weighted by molar-refractivity contribution is 7.89. The Labute approximate surface area is 212 Å². The third-order valence-electron chi connectivity index (χ3n) is 5.13. The molecule has 12 nitrogen and oxygen atoms in total. The SMILES string of the molecule is CCCC[C@](C)(CNC(C)=O)Nc1nc(NC(=O)OC(C)(C)C)nc2cc(S(=O)(=O)N(C)C)cnc12. The van der Waals surface area contributed by atoms with Crippen LogP contribution in [0.3, 0.4) is 0 Å². The van der Waals surface area contributed by atoms with Crippen LogP contribution in [0.25, 0.3) is 11.0 Å². The van der Waals surface area contributed by atoms with Crippen molar-refractivity contribution < 1.29 is 22.7 Å². The van der Waals surface area contributed by atoms with Crippen molar-refractivity contribution in [2.45, 2.75) is 76.8 Å². The predicted octanol–water partition coefficient (Wildman–Crippen LogP) is 3.12. The number of carbonyl (C=O) groups excluding carboxylic acids is 2. The summed E-state index contributed by atoms with van der Waals surface area (Å²) in [6.07, 6.45) is 3.01. The lowest BCUT2D eigenvalue weighted by atomic mass is 9.94. The van der Waals surface area contributed by atoms with Gasteiger partial charge in [-0.25, -0.2) is 27.5 Å². The van der Waals surface area contributed by atoms with Gasteiger partial charge in [-0.3, -0.25) is 10.1 Å². The molecule has 2 heterocycles. The quantitative estimate of drug-likeness (QED) is 0.426. The van der Waals surface area contributed by atoms with Gasteiger partial charge in [-0.05, 0) is 40.2 Å². The summed E-state index contributed by atoms with van der Waals surface area (Å²) in [4.78, 5) is 37.1. The summed E-state index contributed by atoms with van der Waals surface area (Å²) in [5, 5.41) is 8.70. The van der Waals surface area contributed by atoms with Crippen LogP contribution in [-0.4, -0.2) is 71.5 Å². The molecule has 3 N–H and O–H groups in total. The number of hydrogen-bond donors (Lipinski definition) is 3. The number of aromatic nitrogens is 3. The zero-order chi connectivity index (χ0) is 27.3. The van der Waals surface area contributed by atoms with E-state index in [1.165, 1.54) is 33.3 Å². The topological polar surface area (TPSA) is 156 Å². The van der Waals surface area contributed by atoms with Gasteiger partial charge >= 0.3 is 6.09 Å². The number of nitrogens with zero attached hydrogens (tertiary/aromatic N) is 4. The Kier molecular flexibility index (Phi) is 9.18. The van der Waals surface area contributed by atoms with Gasteiger partial charge in [-0.15, -0.1) is 0 Å². The molecule has 0 fully saturated rings. The van der Waals surface area contributed by atoms with Gasteiger partial charge in [-0.1, -0.05) is 19.8 Å². The maximum Gasteiger partial charge on any atom is 0.414 e. The largest absolute Gasteiger partial charge is 0.444 e. The molecule has 0 saturated carbocycles. The summed E-state index contributed by atoms with van der Waals surface area (Å²) in [6.45, 7) is 10.9. The number of carbonyl (C=O) groups is 2. The Balaban J connectivity index is 2.62. The highest BCUT2D eigenvalue weighted by Gasteiger charge is 2.27. The third kappa shape index (κ3) is 7.98. The Morgan fingerprint density at radius 1 is 1.14 bits per heavy atom. The molecule has 2 rings (SSSR count). The van der Waals surface area contributed by atoms with Crippen LogP contribution < -0.4 is 16.0 Å². The van der Waals surface area contributed by atoms with Crippen LogP contribution in [0.4, 0.5) is 16.6 Å². The minimum Gasteiger partial charge on any atom is -0.444 e. The van der Waals surface area contributed by atoms with Crippen molar-refractivity contribution in [1.82, 2.24) is 24.6 Å². The highest BCUT2D eigenvalue weighted by atomic mass is 32.2. The minimum absolute atomic E-state index is 0.0557. The minimum atomic E-state index is -3.78. The van der Waals surface area contributed by atoms with Crippen molar-refractivity contribution in [2.75, 3.05) is 31.3 Å². The van der Waals surface area contributed by atoms with E-state index in [0.29, 0.717) is 18.5 Å². The lowest BCUT2D eigenvalue weighted by Gasteiger charge is -2.32. The average molecular weight is 524 g/mol. The van der Waals surface area contributed by atoms with Gasteiger partial charge in [0.2, 0.25) is 21.9 Å². The summed E-state index contributed by atoms with van der Waals surface area (Å²) in [5.41, 5.74) is -0.831. The molecule has 2 aromatic heterocycles. The van der Waals surface area contributed by atoms with Crippen LogP contribution in [0.1, 0.15) is 60.8 Å². The Morgan fingerprint density at radius 2 is 1.81 bits per heavy atom. The lowest BCUT2D eigenvalue weighted by Crippen LogP contribution is -2.46. The Bertz CT molecular complexity index is 1210. The van der Waals surface area contributed by atoms with E-state index < -0.39 is 27.3 Å². The smallest absolute Gasteiger partial charge is 0.414 e. The van der Waals surface area contributed by atoms with Gasteiger partial charge in [0.25, 0.3) is 0 Å². The first-order chi connectivity index (χ1) is 16.6. The van der Waals surface area contributed by atoms with Crippen LogP contribution in [0, 0.1) is 0 Å². The number of amides is 2. The number of fused-ring (bicyclic) bond motifs is 1. The summed E-state index contributed by atoms with van der Waals surface area (Å²) in [5.74, 6) is 0.0256. The molecule has 0 aliphatic carbocycles. The molecular weight excluding hydrogens is 486 g/mol. The van der Waals surface area contributed by atoms with Crippen molar-refractivity contribution in [3.8, 4) is 0 Å². The molecule has 0 spiro atoms. The van der Waals surface area contributed by atoms with Crippen molar-refractivity contribution in [2.24, 2.45) is 0 Å². The van der Waals surface area contributed by atoms with E-state index in [4.69, 9.17) is 4.74 Å². The van der Waals surface area contributed by atoms with E-state index in [1.807, 2.05) is 6.92 Å². The molecule has 2 amide bonds. The first kappa shape index (κ1) is 29.2. The molecular formula is C23H37N7O5S. The molecule has 36 heavy (non-hydrogen) atoms. The van der Waals surface area contributed by atoms with Gasteiger partial charge in [0.1, 0.15) is 16.0 Å². The Morgan fingerprint density at radius 3 is 2.36 bits per heavy atom. The van der Waals surface area contributed by atoms with E-state index >= 15 is 0 Å². The molecule has 13 heteroatoms. The second-order valence-corrected chi connectivity index (χ2v) is 12.2. The van der Waals surface area contributed by atoms with E-state index in [0.717, 1.165) is 17.1 Å². The molecule has 0 aliphatic rings. The first-order valence-corrected chi connectivity index (χ1v) is 13.1. The van der Waals surface area contributed by atoms with E-state index in [1.54, 1.807) is 20.8 Å². The lowest BCUT2D eigenvalue weighted by molar-refractivity contribution is -0.119. The fourth-order valence-corrected chi connectivity index (χ4v) is 4.13. The number of pyridine rings is 1. The van der Waals surface area contributed by atoms with E-state index in [2.05, 4.69) is 37.8 Å². The van der Waals surface area contributed by atoms with Gasteiger partial charge in [0.05, 0.1) is 11.1 Å². The Hall–Kier alpha value is -3.06. The maximum atomic E-state index is 12.7.